The average Bonchev–Trinajstić information content (AvgIpc) is 1.85. The van der Waals surface area contributed by atoms with Crippen molar-refractivity contribution in [1.82, 2.24) is 0 Å². The Morgan fingerprint density at radius 2 is 2.00 bits per heavy atom. The Kier molecular flexibility index (Phi) is 4.32. The molecule has 0 spiro atoms. The van der Waals surface area contributed by atoms with Crippen LogP contribution in [0.4, 0.5) is 0 Å². The van der Waals surface area contributed by atoms with Crippen LogP contribution >= 0.6 is 11.8 Å². The molecule has 1 heteroatoms. The van der Waals surface area contributed by atoms with Gasteiger partial charge >= 0.3 is 0 Å². The second kappa shape index (κ2) is 4.48. The van der Waals surface area contributed by atoms with Crippen LogP contribution in [0.2, 0.25) is 0 Å². The van der Waals surface area contributed by atoms with Crippen molar-refractivity contribution in [1.29, 1.82) is 0 Å². The third kappa shape index (κ3) is 4.13. The zero-order valence-corrected chi connectivity index (χ0v) is 8.59. The molecule has 62 valence electrons. The Labute approximate surface area is 74.1 Å². The molecule has 0 aromatic carbocycles. The van der Waals surface area contributed by atoms with Gasteiger partial charge in [-0.25, -0.2) is 0 Å². The van der Waals surface area contributed by atoms with E-state index in [0.717, 1.165) is 0 Å². The van der Waals surface area contributed by atoms with Gasteiger partial charge in [-0.05, 0) is 18.4 Å². The number of rotatable bonds is 2. The summed E-state index contributed by atoms with van der Waals surface area (Å²) in [6.45, 7) is 12.2. The van der Waals surface area contributed by atoms with Gasteiger partial charge in [0.15, 0.2) is 0 Å². The Hall–Kier alpha value is -0.390. The van der Waals surface area contributed by atoms with Gasteiger partial charge in [-0.3, -0.25) is 0 Å². The molecule has 0 aromatic heterocycles. The van der Waals surface area contributed by atoms with E-state index < -0.39 is 0 Å². The second-order valence-corrected chi connectivity index (χ2v) is 4.27. The molecule has 0 amide bonds. The zero-order valence-electron chi connectivity index (χ0n) is 7.77. The molecule has 0 unspecified atom stereocenters. The van der Waals surface area contributed by atoms with Gasteiger partial charge in [-0.1, -0.05) is 39.1 Å². The van der Waals surface area contributed by atoms with Gasteiger partial charge in [0.05, 0.1) is 0 Å². The van der Waals surface area contributed by atoms with Crippen molar-refractivity contribution in [3.63, 3.8) is 0 Å². The molecule has 0 saturated carbocycles. The summed E-state index contributed by atoms with van der Waals surface area (Å²) in [7, 11) is 0. The minimum absolute atomic E-state index is 0.186. The first-order chi connectivity index (χ1) is 5.02. The first-order valence-corrected chi connectivity index (χ1v) is 4.59. The number of allylic oxidation sites excluding steroid dienone is 1. The van der Waals surface area contributed by atoms with E-state index in [4.69, 9.17) is 0 Å². The SMILES string of the molecule is C=CSC(=C=CC)C(C)(C)C. The molecule has 0 nitrogen and oxygen atoms in total. The van der Waals surface area contributed by atoms with Crippen LogP contribution in [0.25, 0.3) is 0 Å². The third-order valence-corrected chi connectivity index (χ3v) is 2.29. The largest absolute Gasteiger partial charge is 0.114 e. The van der Waals surface area contributed by atoms with Crippen LogP contribution in [0.3, 0.4) is 0 Å². The maximum atomic E-state index is 3.68. The summed E-state index contributed by atoms with van der Waals surface area (Å²) in [4.78, 5) is 1.23. The quantitative estimate of drug-likeness (QED) is 0.562. The molecular weight excluding hydrogens is 152 g/mol. The van der Waals surface area contributed by atoms with E-state index in [-0.39, 0.29) is 5.41 Å². The lowest BCUT2D eigenvalue weighted by molar-refractivity contribution is 0.534. The molecule has 0 aromatic rings. The van der Waals surface area contributed by atoms with Crippen molar-refractivity contribution >= 4 is 11.8 Å². The maximum Gasteiger partial charge on any atom is 0.0359 e. The lowest BCUT2D eigenvalue weighted by Crippen LogP contribution is -2.04. The fourth-order valence-corrected chi connectivity index (χ4v) is 1.35. The first kappa shape index (κ1) is 10.6. The highest BCUT2D eigenvalue weighted by Crippen LogP contribution is 2.33. The van der Waals surface area contributed by atoms with Gasteiger partial charge in [-0.2, -0.15) is 0 Å². The van der Waals surface area contributed by atoms with E-state index >= 15 is 0 Å². The van der Waals surface area contributed by atoms with Crippen LogP contribution in [-0.2, 0) is 0 Å². The predicted molar refractivity (Wildman–Crippen MR) is 54.5 cm³/mol. The lowest BCUT2D eigenvalue weighted by Gasteiger charge is -2.18. The molecule has 0 atom stereocenters. The molecule has 0 fully saturated rings. The summed E-state index contributed by atoms with van der Waals surface area (Å²) in [6.07, 6.45) is 1.94. The van der Waals surface area contributed by atoms with Crippen LogP contribution in [0, 0.1) is 5.41 Å². The summed E-state index contributed by atoms with van der Waals surface area (Å²) in [5.74, 6) is 0. The van der Waals surface area contributed by atoms with Crippen LogP contribution in [0.15, 0.2) is 28.7 Å². The first-order valence-electron chi connectivity index (χ1n) is 3.71. The fourth-order valence-electron chi connectivity index (χ4n) is 0.642. The Balaban J connectivity index is 4.62. The Morgan fingerprint density at radius 3 is 2.27 bits per heavy atom. The van der Waals surface area contributed by atoms with Gasteiger partial charge in [-0.15, -0.1) is 5.73 Å². The summed E-state index contributed by atoms with van der Waals surface area (Å²) in [6, 6.07) is 0. The molecule has 0 aliphatic carbocycles. The Morgan fingerprint density at radius 1 is 1.45 bits per heavy atom. The molecule has 0 bridgehead atoms. The summed E-state index contributed by atoms with van der Waals surface area (Å²) >= 11 is 1.65. The fraction of sp³-hybridized carbons (Fsp3) is 0.500. The van der Waals surface area contributed by atoms with Crippen molar-refractivity contribution in [2.75, 3.05) is 0 Å². The highest BCUT2D eigenvalue weighted by Gasteiger charge is 2.15. The predicted octanol–water partition coefficient (Wildman–Crippen LogP) is 3.97. The Bertz CT molecular complexity index is 187. The number of thioether (sulfide) groups is 1. The van der Waals surface area contributed by atoms with E-state index in [1.807, 2.05) is 18.4 Å². The van der Waals surface area contributed by atoms with E-state index in [2.05, 4.69) is 33.1 Å². The molecular formula is C10H16S. The second-order valence-electron chi connectivity index (χ2n) is 3.30. The topological polar surface area (TPSA) is 0 Å². The van der Waals surface area contributed by atoms with Gasteiger partial charge in [0.25, 0.3) is 0 Å². The maximum absolute atomic E-state index is 3.68. The number of hydrogen-bond donors (Lipinski definition) is 0. The number of hydrogen-bond acceptors (Lipinski definition) is 1. The van der Waals surface area contributed by atoms with Crippen molar-refractivity contribution in [2.45, 2.75) is 27.7 Å². The molecule has 0 rings (SSSR count). The standard InChI is InChI=1S/C10H16S/c1-6-8-9(11-7-2)10(3,4)5/h6-7H,2H2,1,3-5H3. The molecule has 0 saturated heterocycles. The molecule has 0 aliphatic heterocycles. The molecule has 0 radical (unpaired) electrons. The zero-order chi connectivity index (χ0) is 8.91. The van der Waals surface area contributed by atoms with E-state index in [9.17, 15) is 0 Å². The van der Waals surface area contributed by atoms with Crippen molar-refractivity contribution < 1.29 is 0 Å². The van der Waals surface area contributed by atoms with Gasteiger partial charge in [0, 0.05) is 10.3 Å². The van der Waals surface area contributed by atoms with E-state index in [1.165, 1.54) is 4.91 Å². The monoisotopic (exact) mass is 168 g/mol. The molecule has 11 heavy (non-hydrogen) atoms. The summed E-state index contributed by atoms with van der Waals surface area (Å²) in [5, 5.41) is 1.84. The van der Waals surface area contributed by atoms with Crippen molar-refractivity contribution in [3.8, 4) is 0 Å². The molecule has 0 aliphatic rings. The average molecular weight is 168 g/mol. The minimum atomic E-state index is 0.186. The highest BCUT2D eigenvalue weighted by atomic mass is 32.2. The molecule has 0 heterocycles. The van der Waals surface area contributed by atoms with E-state index in [1.54, 1.807) is 11.8 Å². The lowest BCUT2D eigenvalue weighted by atomic mass is 9.96. The summed E-state index contributed by atoms with van der Waals surface area (Å²) in [5.41, 5.74) is 3.39. The van der Waals surface area contributed by atoms with Crippen molar-refractivity contribution in [2.24, 2.45) is 5.41 Å². The molecule has 0 N–H and O–H groups in total. The van der Waals surface area contributed by atoms with Crippen LogP contribution < -0.4 is 0 Å². The smallest absolute Gasteiger partial charge is 0.0359 e. The van der Waals surface area contributed by atoms with Crippen LogP contribution in [-0.4, -0.2) is 0 Å². The van der Waals surface area contributed by atoms with Gasteiger partial charge < -0.3 is 0 Å². The van der Waals surface area contributed by atoms with Gasteiger partial charge in [0.2, 0.25) is 0 Å². The minimum Gasteiger partial charge on any atom is -0.114 e. The van der Waals surface area contributed by atoms with Crippen molar-refractivity contribution in [3.05, 3.63) is 28.7 Å². The van der Waals surface area contributed by atoms with Gasteiger partial charge in [0.1, 0.15) is 0 Å². The third-order valence-electron chi connectivity index (χ3n) is 1.16. The highest BCUT2D eigenvalue weighted by molar-refractivity contribution is 8.05. The van der Waals surface area contributed by atoms with Crippen LogP contribution in [0.5, 0.6) is 0 Å². The van der Waals surface area contributed by atoms with E-state index in [0.29, 0.717) is 0 Å². The summed E-state index contributed by atoms with van der Waals surface area (Å²) < 4.78 is 0. The normalized spacial score (nSPS) is 10.2. The van der Waals surface area contributed by atoms with Crippen LogP contribution in [0.1, 0.15) is 27.7 Å².